The molecule has 1 aliphatic rings. The minimum Gasteiger partial charge on any atom is -0.493 e. The van der Waals surface area contributed by atoms with Crippen LogP contribution in [0.4, 0.5) is 11.5 Å². The molecule has 0 unspecified atom stereocenters. The molecular formula is C25H29ClN4O4. The highest BCUT2D eigenvalue weighted by molar-refractivity contribution is 6.32. The van der Waals surface area contributed by atoms with Crippen molar-refractivity contribution in [1.29, 1.82) is 0 Å². The van der Waals surface area contributed by atoms with Crippen LogP contribution >= 0.6 is 11.6 Å². The molecule has 1 saturated heterocycles. The van der Waals surface area contributed by atoms with E-state index in [2.05, 4.69) is 20.2 Å². The number of carbonyl (C=O) groups is 1. The molecule has 2 aromatic carbocycles. The zero-order chi connectivity index (χ0) is 24.2. The van der Waals surface area contributed by atoms with E-state index in [0.29, 0.717) is 23.9 Å². The molecule has 2 heterocycles. The van der Waals surface area contributed by atoms with Gasteiger partial charge in [-0.1, -0.05) is 17.7 Å². The summed E-state index contributed by atoms with van der Waals surface area (Å²) in [6.07, 6.45) is 3.14. The number of nitrogens with zero attached hydrogens (tertiary/aromatic N) is 3. The summed E-state index contributed by atoms with van der Waals surface area (Å²) in [5.41, 5.74) is 3.60. The molecule has 0 amide bonds. The van der Waals surface area contributed by atoms with Crippen molar-refractivity contribution >= 4 is 40.0 Å². The van der Waals surface area contributed by atoms with Crippen LogP contribution in [-0.4, -0.2) is 60.8 Å². The van der Waals surface area contributed by atoms with Gasteiger partial charge in [-0.15, -0.1) is 0 Å². The van der Waals surface area contributed by atoms with Gasteiger partial charge in [-0.05, 0) is 49.9 Å². The Morgan fingerprint density at radius 2 is 1.91 bits per heavy atom. The first kappa shape index (κ1) is 24.0. The molecule has 4 rings (SSSR count). The van der Waals surface area contributed by atoms with Crippen molar-refractivity contribution in [3.05, 3.63) is 46.7 Å². The molecule has 1 aromatic heterocycles. The third-order valence-corrected chi connectivity index (χ3v) is 6.74. The molecule has 3 aromatic rings. The standard InChI is InChI=1S/C25H29ClN4O4/c1-15-5-6-19(16(2)24(15)26)29-25-18-11-22(21(32-3)12-20(18)27-14-28-25)34-17-7-9-30(10-8-17)13-23(31)33-4/h5-6,11-12,14,17H,7-10,13H2,1-4H3,(H,27,28,29). The lowest BCUT2D eigenvalue weighted by Crippen LogP contribution is -2.41. The van der Waals surface area contributed by atoms with E-state index in [1.54, 1.807) is 7.11 Å². The van der Waals surface area contributed by atoms with Crippen LogP contribution < -0.4 is 14.8 Å². The fourth-order valence-electron chi connectivity index (χ4n) is 4.11. The molecule has 1 fully saturated rings. The van der Waals surface area contributed by atoms with Crippen molar-refractivity contribution in [2.75, 3.05) is 39.2 Å². The summed E-state index contributed by atoms with van der Waals surface area (Å²) in [5, 5.41) is 4.95. The van der Waals surface area contributed by atoms with Crippen molar-refractivity contribution in [2.24, 2.45) is 0 Å². The highest BCUT2D eigenvalue weighted by Gasteiger charge is 2.24. The lowest BCUT2D eigenvalue weighted by molar-refractivity contribution is -0.142. The summed E-state index contributed by atoms with van der Waals surface area (Å²) in [7, 11) is 3.02. The molecule has 180 valence electrons. The topological polar surface area (TPSA) is 85.8 Å². The SMILES string of the molecule is COC(=O)CN1CCC(Oc2cc3c(Nc4ccc(C)c(Cl)c4C)ncnc3cc2OC)CC1. The van der Waals surface area contributed by atoms with Gasteiger partial charge < -0.3 is 19.5 Å². The summed E-state index contributed by atoms with van der Waals surface area (Å²) in [5.74, 6) is 1.69. The summed E-state index contributed by atoms with van der Waals surface area (Å²) >= 11 is 6.45. The highest BCUT2D eigenvalue weighted by Crippen LogP contribution is 2.37. The van der Waals surface area contributed by atoms with Gasteiger partial charge in [-0.25, -0.2) is 9.97 Å². The Balaban J connectivity index is 1.57. The Morgan fingerprint density at radius 3 is 2.62 bits per heavy atom. The number of likely N-dealkylation sites (tertiary alicyclic amines) is 1. The molecule has 34 heavy (non-hydrogen) atoms. The second-order valence-corrected chi connectivity index (χ2v) is 8.78. The quantitative estimate of drug-likeness (QED) is 0.484. The van der Waals surface area contributed by atoms with Gasteiger partial charge in [-0.2, -0.15) is 0 Å². The molecule has 0 saturated carbocycles. The molecule has 0 radical (unpaired) electrons. The first-order chi connectivity index (χ1) is 16.4. The second kappa shape index (κ2) is 10.4. The molecule has 1 N–H and O–H groups in total. The number of ether oxygens (including phenoxy) is 3. The predicted molar refractivity (Wildman–Crippen MR) is 132 cm³/mol. The summed E-state index contributed by atoms with van der Waals surface area (Å²) < 4.78 is 16.7. The average Bonchev–Trinajstić information content (AvgIpc) is 2.85. The van der Waals surface area contributed by atoms with Crippen molar-refractivity contribution in [2.45, 2.75) is 32.8 Å². The smallest absolute Gasteiger partial charge is 0.319 e. The lowest BCUT2D eigenvalue weighted by Gasteiger charge is -2.31. The number of piperidine rings is 1. The number of fused-ring (bicyclic) bond motifs is 1. The van der Waals surface area contributed by atoms with Crippen LogP contribution in [-0.2, 0) is 9.53 Å². The van der Waals surface area contributed by atoms with E-state index in [9.17, 15) is 4.79 Å². The van der Waals surface area contributed by atoms with E-state index in [1.807, 2.05) is 38.1 Å². The third kappa shape index (κ3) is 5.18. The van der Waals surface area contributed by atoms with E-state index in [0.717, 1.165) is 58.7 Å². The number of halogens is 1. The molecule has 9 heteroatoms. The van der Waals surface area contributed by atoms with Gasteiger partial charge in [0.05, 0.1) is 26.3 Å². The van der Waals surface area contributed by atoms with Crippen molar-refractivity contribution in [3.63, 3.8) is 0 Å². The molecule has 1 aliphatic heterocycles. The van der Waals surface area contributed by atoms with E-state index in [-0.39, 0.29) is 12.1 Å². The van der Waals surface area contributed by atoms with E-state index in [1.165, 1.54) is 13.4 Å². The number of nitrogens with one attached hydrogen (secondary N) is 1. The monoisotopic (exact) mass is 484 g/mol. The Morgan fingerprint density at radius 1 is 1.15 bits per heavy atom. The first-order valence-electron chi connectivity index (χ1n) is 11.2. The van der Waals surface area contributed by atoms with Crippen LogP contribution in [0.15, 0.2) is 30.6 Å². The molecule has 0 bridgehead atoms. The van der Waals surface area contributed by atoms with Crippen LogP contribution in [0.3, 0.4) is 0 Å². The fourth-order valence-corrected chi connectivity index (χ4v) is 4.28. The predicted octanol–water partition coefficient (Wildman–Crippen LogP) is 4.67. The Kier molecular flexibility index (Phi) is 7.38. The fraction of sp³-hybridized carbons (Fsp3) is 0.400. The number of benzene rings is 2. The number of aromatic nitrogens is 2. The van der Waals surface area contributed by atoms with Crippen molar-refractivity contribution < 1.29 is 19.0 Å². The maximum atomic E-state index is 11.5. The number of esters is 1. The minimum atomic E-state index is -0.222. The number of methoxy groups -OCH3 is 2. The lowest BCUT2D eigenvalue weighted by atomic mass is 10.1. The number of carbonyl (C=O) groups excluding carboxylic acids is 1. The van der Waals surface area contributed by atoms with Gasteiger partial charge >= 0.3 is 5.97 Å². The number of hydrogen-bond donors (Lipinski definition) is 1. The highest BCUT2D eigenvalue weighted by atomic mass is 35.5. The largest absolute Gasteiger partial charge is 0.493 e. The average molecular weight is 485 g/mol. The Labute approximate surface area is 204 Å². The molecular weight excluding hydrogens is 456 g/mol. The van der Waals surface area contributed by atoms with Gasteiger partial charge in [0.1, 0.15) is 18.2 Å². The number of hydrogen-bond acceptors (Lipinski definition) is 8. The molecule has 0 atom stereocenters. The van der Waals surface area contributed by atoms with Crippen LogP contribution in [0.5, 0.6) is 11.5 Å². The number of rotatable bonds is 7. The zero-order valence-corrected chi connectivity index (χ0v) is 20.6. The molecule has 0 aliphatic carbocycles. The van der Waals surface area contributed by atoms with Crippen LogP contribution in [0.2, 0.25) is 5.02 Å². The zero-order valence-electron chi connectivity index (χ0n) is 19.9. The van der Waals surface area contributed by atoms with Crippen LogP contribution in [0.25, 0.3) is 10.9 Å². The molecule has 0 spiro atoms. The van der Waals surface area contributed by atoms with Crippen LogP contribution in [0, 0.1) is 13.8 Å². The minimum absolute atomic E-state index is 0.0134. The van der Waals surface area contributed by atoms with Gasteiger partial charge in [0.15, 0.2) is 11.5 Å². The van der Waals surface area contributed by atoms with Gasteiger partial charge in [0, 0.05) is 35.3 Å². The summed E-state index contributed by atoms with van der Waals surface area (Å²) in [6.45, 7) is 5.79. The maximum absolute atomic E-state index is 11.5. The van der Waals surface area contributed by atoms with Gasteiger partial charge in [0.2, 0.25) is 0 Å². The van der Waals surface area contributed by atoms with Crippen molar-refractivity contribution in [3.8, 4) is 11.5 Å². The normalized spacial score (nSPS) is 14.7. The van der Waals surface area contributed by atoms with Gasteiger partial charge in [0.25, 0.3) is 0 Å². The number of aryl methyl sites for hydroxylation is 1. The molecule has 8 nitrogen and oxygen atoms in total. The van der Waals surface area contributed by atoms with Crippen LogP contribution in [0.1, 0.15) is 24.0 Å². The summed E-state index contributed by atoms with van der Waals surface area (Å²) in [6, 6.07) is 7.75. The second-order valence-electron chi connectivity index (χ2n) is 8.41. The third-order valence-electron chi connectivity index (χ3n) is 6.16. The van der Waals surface area contributed by atoms with E-state index >= 15 is 0 Å². The first-order valence-corrected chi connectivity index (χ1v) is 11.6. The summed E-state index contributed by atoms with van der Waals surface area (Å²) in [4.78, 5) is 22.5. The van der Waals surface area contributed by atoms with E-state index < -0.39 is 0 Å². The number of anilines is 2. The van der Waals surface area contributed by atoms with Gasteiger partial charge in [-0.3, -0.25) is 9.69 Å². The Hall–Kier alpha value is -3.10. The maximum Gasteiger partial charge on any atom is 0.319 e. The van der Waals surface area contributed by atoms with Crippen molar-refractivity contribution in [1.82, 2.24) is 14.9 Å². The van der Waals surface area contributed by atoms with E-state index in [4.69, 9.17) is 25.8 Å². The Bertz CT molecular complexity index is 1200.